The minimum atomic E-state index is -0.385. The normalized spacial score (nSPS) is 21.1. The van der Waals surface area contributed by atoms with Gasteiger partial charge in [-0.3, -0.25) is 4.79 Å². The fraction of sp³-hybridized carbons (Fsp3) is 0.500. The van der Waals surface area contributed by atoms with Crippen LogP contribution in [-0.2, 0) is 4.79 Å². The van der Waals surface area contributed by atoms with Gasteiger partial charge >= 0.3 is 0 Å². The van der Waals surface area contributed by atoms with Gasteiger partial charge in [0.2, 0.25) is 5.91 Å². The van der Waals surface area contributed by atoms with Crippen molar-refractivity contribution in [3.05, 3.63) is 24.0 Å². The Labute approximate surface area is 124 Å². The zero-order chi connectivity index (χ0) is 13.8. The van der Waals surface area contributed by atoms with E-state index in [1.807, 2.05) is 6.92 Å². The molecule has 0 aliphatic heterocycles. The van der Waals surface area contributed by atoms with Crippen molar-refractivity contribution < 1.29 is 13.9 Å². The molecular formula is C14H20ClFN2O2. The summed E-state index contributed by atoms with van der Waals surface area (Å²) >= 11 is 0. The van der Waals surface area contributed by atoms with E-state index in [1.54, 1.807) is 0 Å². The minimum absolute atomic E-state index is 0. The van der Waals surface area contributed by atoms with Crippen molar-refractivity contribution >= 4 is 24.0 Å². The monoisotopic (exact) mass is 302 g/mol. The predicted molar refractivity (Wildman–Crippen MR) is 78.8 cm³/mol. The van der Waals surface area contributed by atoms with E-state index in [0.717, 1.165) is 12.8 Å². The van der Waals surface area contributed by atoms with E-state index in [-0.39, 0.29) is 36.1 Å². The topological polar surface area (TPSA) is 64.3 Å². The lowest BCUT2D eigenvalue weighted by atomic mass is 10.1. The number of carbonyl (C=O) groups excluding carboxylic acids is 1. The first-order valence-corrected chi connectivity index (χ1v) is 6.59. The lowest BCUT2D eigenvalue weighted by Crippen LogP contribution is -2.23. The molecule has 2 unspecified atom stereocenters. The number of rotatable bonds is 4. The first kappa shape index (κ1) is 16.7. The second-order valence-electron chi connectivity index (χ2n) is 4.83. The Bertz CT molecular complexity index is 470. The summed E-state index contributed by atoms with van der Waals surface area (Å²) in [5.41, 5.74) is 6.31. The molecule has 0 spiro atoms. The van der Waals surface area contributed by atoms with Gasteiger partial charge in [0.25, 0.3) is 0 Å². The van der Waals surface area contributed by atoms with Crippen LogP contribution in [0.1, 0.15) is 26.2 Å². The van der Waals surface area contributed by atoms with Crippen LogP contribution in [0.4, 0.5) is 10.1 Å². The molecule has 20 heavy (non-hydrogen) atoms. The third-order valence-corrected chi connectivity index (χ3v) is 3.35. The summed E-state index contributed by atoms with van der Waals surface area (Å²) in [4.78, 5) is 12.1. The third-order valence-electron chi connectivity index (χ3n) is 3.35. The molecule has 1 aliphatic rings. The molecule has 2 rings (SSSR count). The van der Waals surface area contributed by atoms with Crippen molar-refractivity contribution in [2.45, 2.75) is 32.2 Å². The zero-order valence-corrected chi connectivity index (χ0v) is 12.2. The lowest BCUT2D eigenvalue weighted by molar-refractivity contribution is -0.119. The maximum Gasteiger partial charge on any atom is 0.227 e. The molecule has 0 heterocycles. The Kier molecular flexibility index (Phi) is 6.23. The Morgan fingerprint density at radius 2 is 2.25 bits per heavy atom. The van der Waals surface area contributed by atoms with Gasteiger partial charge in [-0.1, -0.05) is 0 Å². The maximum absolute atomic E-state index is 13.2. The molecule has 1 fully saturated rings. The Morgan fingerprint density at radius 1 is 1.50 bits per heavy atom. The third kappa shape index (κ3) is 4.08. The SMILES string of the molecule is CCOc1cc(F)ccc1NC(=O)C1CCC(N)C1.Cl. The van der Waals surface area contributed by atoms with Crippen molar-refractivity contribution in [1.82, 2.24) is 0 Å². The second-order valence-corrected chi connectivity index (χ2v) is 4.83. The van der Waals surface area contributed by atoms with Gasteiger partial charge in [-0.25, -0.2) is 4.39 Å². The molecule has 2 atom stereocenters. The lowest BCUT2D eigenvalue weighted by Gasteiger charge is -2.14. The predicted octanol–water partition coefficient (Wildman–Crippen LogP) is 2.71. The average molecular weight is 303 g/mol. The van der Waals surface area contributed by atoms with Crippen molar-refractivity contribution in [3.8, 4) is 5.75 Å². The number of hydrogen-bond donors (Lipinski definition) is 2. The van der Waals surface area contributed by atoms with Crippen LogP contribution in [0.2, 0.25) is 0 Å². The number of benzene rings is 1. The van der Waals surface area contributed by atoms with Crippen molar-refractivity contribution in [1.29, 1.82) is 0 Å². The summed E-state index contributed by atoms with van der Waals surface area (Å²) in [6.07, 6.45) is 2.38. The molecule has 0 aromatic heterocycles. The largest absolute Gasteiger partial charge is 0.492 e. The van der Waals surface area contributed by atoms with Crippen LogP contribution >= 0.6 is 12.4 Å². The molecule has 0 radical (unpaired) electrons. The number of halogens is 2. The van der Waals surface area contributed by atoms with Crippen LogP contribution in [0.3, 0.4) is 0 Å². The van der Waals surface area contributed by atoms with Gasteiger partial charge in [0.15, 0.2) is 0 Å². The highest BCUT2D eigenvalue weighted by Crippen LogP contribution is 2.29. The van der Waals surface area contributed by atoms with Gasteiger partial charge in [-0.05, 0) is 38.3 Å². The van der Waals surface area contributed by atoms with Crippen LogP contribution < -0.4 is 15.8 Å². The van der Waals surface area contributed by atoms with Gasteiger partial charge in [0.1, 0.15) is 11.6 Å². The molecule has 0 saturated heterocycles. The number of ether oxygens (including phenoxy) is 1. The fourth-order valence-corrected chi connectivity index (χ4v) is 2.36. The highest BCUT2D eigenvalue weighted by atomic mass is 35.5. The molecule has 6 heteroatoms. The van der Waals surface area contributed by atoms with Crippen molar-refractivity contribution in [3.63, 3.8) is 0 Å². The van der Waals surface area contributed by atoms with E-state index in [9.17, 15) is 9.18 Å². The van der Waals surface area contributed by atoms with E-state index in [0.29, 0.717) is 24.5 Å². The standard InChI is InChI=1S/C14H19FN2O2.ClH/c1-2-19-13-8-10(15)4-6-12(13)17-14(18)9-3-5-11(16)7-9;/h4,6,8-9,11H,2-3,5,7,16H2,1H3,(H,17,18);1H. The van der Waals surface area contributed by atoms with Gasteiger partial charge < -0.3 is 15.8 Å². The van der Waals surface area contributed by atoms with Crippen LogP contribution in [-0.4, -0.2) is 18.6 Å². The van der Waals surface area contributed by atoms with Crippen LogP contribution in [0, 0.1) is 11.7 Å². The summed E-state index contributed by atoms with van der Waals surface area (Å²) in [6, 6.07) is 4.21. The van der Waals surface area contributed by atoms with E-state index in [1.165, 1.54) is 18.2 Å². The Balaban J connectivity index is 0.00000200. The van der Waals surface area contributed by atoms with Gasteiger partial charge in [-0.2, -0.15) is 0 Å². The second kappa shape index (κ2) is 7.45. The first-order chi connectivity index (χ1) is 9.10. The molecule has 0 bridgehead atoms. The average Bonchev–Trinajstić information content (AvgIpc) is 2.80. The molecule has 1 saturated carbocycles. The van der Waals surface area contributed by atoms with Crippen molar-refractivity contribution in [2.24, 2.45) is 11.7 Å². The van der Waals surface area contributed by atoms with E-state index in [2.05, 4.69) is 5.32 Å². The van der Waals surface area contributed by atoms with Crippen molar-refractivity contribution in [2.75, 3.05) is 11.9 Å². The molecule has 1 aromatic carbocycles. The summed E-state index contributed by atoms with van der Waals surface area (Å²) in [5.74, 6) is -0.155. The summed E-state index contributed by atoms with van der Waals surface area (Å²) in [5, 5.41) is 2.80. The van der Waals surface area contributed by atoms with Crippen LogP contribution in [0.25, 0.3) is 0 Å². The molecule has 1 aliphatic carbocycles. The van der Waals surface area contributed by atoms with Gasteiger partial charge in [0.05, 0.1) is 12.3 Å². The smallest absolute Gasteiger partial charge is 0.227 e. The fourth-order valence-electron chi connectivity index (χ4n) is 2.36. The number of anilines is 1. The molecule has 1 aromatic rings. The van der Waals surface area contributed by atoms with E-state index in [4.69, 9.17) is 10.5 Å². The Morgan fingerprint density at radius 3 is 2.85 bits per heavy atom. The van der Waals surface area contributed by atoms with Crippen LogP contribution in [0.15, 0.2) is 18.2 Å². The summed E-state index contributed by atoms with van der Waals surface area (Å²) in [6.45, 7) is 2.23. The van der Waals surface area contributed by atoms with Gasteiger partial charge in [-0.15, -0.1) is 12.4 Å². The number of nitrogens with two attached hydrogens (primary N) is 1. The first-order valence-electron chi connectivity index (χ1n) is 6.59. The zero-order valence-electron chi connectivity index (χ0n) is 11.4. The molecule has 1 amide bonds. The highest BCUT2D eigenvalue weighted by Gasteiger charge is 2.28. The number of amides is 1. The molecular weight excluding hydrogens is 283 g/mol. The minimum Gasteiger partial charge on any atom is -0.492 e. The molecule has 112 valence electrons. The summed E-state index contributed by atoms with van der Waals surface area (Å²) < 4.78 is 18.5. The highest BCUT2D eigenvalue weighted by molar-refractivity contribution is 5.94. The molecule has 4 nitrogen and oxygen atoms in total. The number of carbonyl (C=O) groups is 1. The molecule has 3 N–H and O–H groups in total. The van der Waals surface area contributed by atoms with E-state index >= 15 is 0 Å². The van der Waals surface area contributed by atoms with Gasteiger partial charge in [0, 0.05) is 18.0 Å². The number of nitrogens with one attached hydrogen (secondary N) is 1. The quantitative estimate of drug-likeness (QED) is 0.899. The van der Waals surface area contributed by atoms with Crippen LogP contribution in [0.5, 0.6) is 5.75 Å². The summed E-state index contributed by atoms with van der Waals surface area (Å²) in [7, 11) is 0. The number of hydrogen-bond acceptors (Lipinski definition) is 3. The van der Waals surface area contributed by atoms with E-state index < -0.39 is 0 Å². The Hall–Kier alpha value is -1.33. The maximum atomic E-state index is 13.2.